The topological polar surface area (TPSA) is 127 Å². The van der Waals surface area contributed by atoms with Crippen molar-refractivity contribution in [3.05, 3.63) is 88.1 Å². The van der Waals surface area contributed by atoms with Crippen molar-refractivity contribution in [3.8, 4) is 28.8 Å². The fourth-order valence-electron chi connectivity index (χ4n) is 5.43. The number of rotatable bonds is 8. The predicted octanol–water partition coefficient (Wildman–Crippen LogP) is 3.85. The molecule has 46 heavy (non-hydrogen) atoms. The monoisotopic (exact) mass is 635 g/mol. The Morgan fingerprint density at radius 1 is 1.07 bits per heavy atom. The second-order valence-electron chi connectivity index (χ2n) is 12.3. The van der Waals surface area contributed by atoms with Crippen molar-refractivity contribution in [2.75, 3.05) is 34.2 Å². The Morgan fingerprint density at radius 3 is 2.39 bits per heavy atom. The van der Waals surface area contributed by atoms with Gasteiger partial charge in [-0.2, -0.15) is 23.5 Å². The number of nitrogens with zero attached hydrogens (tertiary/aromatic N) is 6. The minimum atomic E-state index is -4.65. The quantitative estimate of drug-likeness (QED) is 0.285. The van der Waals surface area contributed by atoms with Crippen LogP contribution < -0.4 is 16.3 Å². The van der Waals surface area contributed by atoms with Crippen molar-refractivity contribution >= 4 is 11.9 Å². The van der Waals surface area contributed by atoms with E-state index >= 15 is 0 Å². The second-order valence-corrected chi connectivity index (χ2v) is 12.3. The van der Waals surface area contributed by atoms with Crippen molar-refractivity contribution in [2.24, 2.45) is 5.92 Å². The lowest BCUT2D eigenvalue weighted by molar-refractivity contribution is -0.869. The van der Waals surface area contributed by atoms with E-state index in [9.17, 15) is 32.8 Å². The van der Waals surface area contributed by atoms with Gasteiger partial charge in [-0.3, -0.25) is 9.36 Å². The van der Waals surface area contributed by atoms with E-state index in [1.165, 1.54) is 29.9 Å². The first-order valence-electron chi connectivity index (χ1n) is 14.6. The zero-order chi connectivity index (χ0) is 33.4. The number of imidazole rings is 1. The van der Waals surface area contributed by atoms with Crippen molar-refractivity contribution in [2.45, 2.75) is 32.0 Å². The van der Waals surface area contributed by atoms with E-state index in [0.717, 1.165) is 27.8 Å². The molecule has 0 spiro atoms. The normalized spacial score (nSPS) is 16.4. The molecule has 5 rings (SSSR count). The van der Waals surface area contributed by atoms with Crippen LogP contribution >= 0.6 is 0 Å². The van der Waals surface area contributed by atoms with Gasteiger partial charge in [0.2, 0.25) is 5.91 Å². The molecule has 0 bridgehead atoms. The lowest BCUT2D eigenvalue weighted by Crippen LogP contribution is -2.52. The first-order chi connectivity index (χ1) is 21.7. The zero-order valence-corrected chi connectivity index (χ0v) is 25.8. The third kappa shape index (κ3) is 6.59. The molecule has 4 aromatic rings. The molecule has 0 aliphatic heterocycles. The van der Waals surface area contributed by atoms with Gasteiger partial charge in [-0.05, 0) is 68.3 Å². The van der Waals surface area contributed by atoms with Gasteiger partial charge in [-0.25, -0.2) is 18.8 Å². The van der Waals surface area contributed by atoms with E-state index < -0.39 is 23.5 Å². The number of likely N-dealkylation sites (N-methyl/N-ethyl adjacent to an activating group) is 1. The number of carbonyl (C=O) groups excluding carboxylic acids is 2. The zero-order valence-electron chi connectivity index (χ0n) is 25.8. The number of amides is 2. The fourth-order valence-corrected chi connectivity index (χ4v) is 5.43. The molecule has 0 unspecified atom stereocenters. The minimum Gasteiger partial charge on any atom is -0.350 e. The van der Waals surface area contributed by atoms with Gasteiger partial charge in [0.05, 0.1) is 80.4 Å². The molecule has 0 atom stereocenters. The summed E-state index contributed by atoms with van der Waals surface area (Å²) in [5.41, 5.74) is -0.284. The van der Waals surface area contributed by atoms with Crippen molar-refractivity contribution < 1.29 is 27.2 Å². The largest absolute Gasteiger partial charge is 0.416 e. The molecule has 1 fully saturated rings. The van der Waals surface area contributed by atoms with Crippen LogP contribution in [0, 0.1) is 24.2 Å². The van der Waals surface area contributed by atoms with Crippen LogP contribution in [0.1, 0.15) is 29.7 Å². The van der Waals surface area contributed by atoms with Crippen LogP contribution in [-0.2, 0) is 11.0 Å². The van der Waals surface area contributed by atoms with Gasteiger partial charge in [0.15, 0.2) is 0 Å². The number of benzene rings is 2. The summed E-state index contributed by atoms with van der Waals surface area (Å²) in [4.78, 5) is 40.3. The molecule has 2 N–H and O–H groups in total. The Kier molecular flexibility index (Phi) is 8.64. The van der Waals surface area contributed by atoms with Crippen LogP contribution in [-0.4, -0.2) is 75.6 Å². The van der Waals surface area contributed by atoms with Gasteiger partial charge in [0.25, 0.3) is 0 Å². The molecule has 2 aromatic carbocycles. The Balaban J connectivity index is 1.50. The van der Waals surface area contributed by atoms with Gasteiger partial charge in [0.1, 0.15) is 5.69 Å². The molecule has 1 saturated carbocycles. The number of quaternary nitrogens is 1. The molecule has 240 valence electrons. The number of aromatic nitrogens is 4. The van der Waals surface area contributed by atoms with Crippen LogP contribution in [0.4, 0.5) is 18.0 Å². The van der Waals surface area contributed by atoms with Crippen molar-refractivity contribution in [1.29, 1.82) is 5.26 Å². The first-order valence-corrected chi connectivity index (χ1v) is 14.6. The van der Waals surface area contributed by atoms with Crippen LogP contribution in [0.15, 0.2) is 65.6 Å². The number of hydrogen-bond donors (Lipinski definition) is 2. The predicted molar refractivity (Wildman–Crippen MR) is 163 cm³/mol. The highest BCUT2D eigenvalue weighted by Gasteiger charge is 2.37. The number of carbonyl (C=O) groups is 2. The summed E-state index contributed by atoms with van der Waals surface area (Å²) in [7, 11) is 6.07. The van der Waals surface area contributed by atoms with Gasteiger partial charge in [0, 0.05) is 12.0 Å². The number of halogens is 3. The van der Waals surface area contributed by atoms with E-state index in [1.807, 2.05) is 27.2 Å². The van der Waals surface area contributed by atoms with Crippen molar-refractivity contribution in [3.63, 3.8) is 0 Å². The smallest absolute Gasteiger partial charge is 0.350 e. The summed E-state index contributed by atoms with van der Waals surface area (Å²) in [6, 6.07) is 13.2. The maximum Gasteiger partial charge on any atom is 0.416 e. The lowest BCUT2D eigenvalue weighted by Gasteiger charge is -2.35. The Morgan fingerprint density at radius 2 is 1.76 bits per heavy atom. The average Bonchev–Trinajstić information content (AvgIpc) is 3.55. The summed E-state index contributed by atoms with van der Waals surface area (Å²) < 4.78 is 44.9. The molecule has 2 heterocycles. The number of nitriles is 1. The van der Waals surface area contributed by atoms with Gasteiger partial charge in [-0.1, -0.05) is 6.07 Å². The third-order valence-corrected chi connectivity index (χ3v) is 7.96. The maximum atomic E-state index is 14.0. The van der Waals surface area contributed by atoms with E-state index in [4.69, 9.17) is 0 Å². The average molecular weight is 636 g/mol. The first kappa shape index (κ1) is 32.2. The summed E-state index contributed by atoms with van der Waals surface area (Å²) in [5.74, 6) is -0.391. The summed E-state index contributed by atoms with van der Waals surface area (Å²) in [5, 5.41) is 19.3. The highest BCUT2D eigenvalue weighted by molar-refractivity contribution is 5.84. The molecule has 14 heteroatoms. The Labute approximate surface area is 263 Å². The van der Waals surface area contributed by atoms with Crippen LogP contribution in [0.25, 0.3) is 22.8 Å². The second kappa shape index (κ2) is 12.3. The van der Waals surface area contributed by atoms with Gasteiger partial charge < -0.3 is 15.1 Å². The number of alkyl halides is 3. The summed E-state index contributed by atoms with van der Waals surface area (Å²) >= 11 is 0. The van der Waals surface area contributed by atoms with E-state index in [0.29, 0.717) is 40.8 Å². The molecule has 2 aromatic heterocycles. The Hall–Kier alpha value is -5.16. The highest BCUT2D eigenvalue weighted by Crippen LogP contribution is 2.32. The Bertz CT molecular complexity index is 1870. The highest BCUT2D eigenvalue weighted by atomic mass is 19.4. The third-order valence-electron chi connectivity index (χ3n) is 7.96. The van der Waals surface area contributed by atoms with Crippen LogP contribution in [0.3, 0.4) is 0 Å². The maximum absolute atomic E-state index is 14.0. The molecular formula is C32H34F3N8O3+. The summed E-state index contributed by atoms with van der Waals surface area (Å²) in [6.45, 7) is 2.81. The van der Waals surface area contributed by atoms with Crippen LogP contribution in [0.5, 0.6) is 0 Å². The number of nitrogens with one attached hydrogen (secondary N) is 2. The standard InChI is InChI=1S/C32H33F3N8O3/c1-20-28(27-12-13-38-42(27)25-10-8-21(19-36)9-11-25)41(31(46)40(20)26-7-5-6-23(18-26)32(33,34)35)30(45)39-24-16-22(17-24)29(44)37-14-15-43(2,3)4/h5-13,18,22,24H,14-17H2,1-4H3,(H-,37,39,44,45)/p+1/t22-,24-. The van der Waals surface area contributed by atoms with Crippen molar-refractivity contribution in [1.82, 2.24) is 29.5 Å². The van der Waals surface area contributed by atoms with Gasteiger partial charge in [-0.15, -0.1) is 0 Å². The molecule has 0 radical (unpaired) electrons. The molecule has 1 aliphatic carbocycles. The summed E-state index contributed by atoms with van der Waals surface area (Å²) in [6.07, 6.45) is -2.43. The van der Waals surface area contributed by atoms with E-state index in [-0.39, 0.29) is 34.9 Å². The molecule has 1 aliphatic rings. The van der Waals surface area contributed by atoms with E-state index in [2.05, 4.69) is 15.7 Å². The molecular weight excluding hydrogens is 601 g/mol. The lowest BCUT2D eigenvalue weighted by atomic mass is 9.79. The SMILES string of the molecule is Cc1c(-c2ccnn2-c2ccc(C#N)cc2)n(C(=O)N[C@H]2C[C@H](C(=O)NCC[N+](C)(C)C)C2)c(=O)n1-c1cccc(C(F)(F)F)c1. The molecule has 0 saturated heterocycles. The van der Waals surface area contributed by atoms with Crippen LogP contribution in [0.2, 0.25) is 0 Å². The van der Waals surface area contributed by atoms with Gasteiger partial charge >= 0.3 is 17.9 Å². The number of hydrogen-bond acceptors (Lipinski definition) is 5. The minimum absolute atomic E-state index is 0.0659. The fraction of sp³-hybridized carbons (Fsp3) is 0.344. The molecule has 2 amide bonds. The molecule has 11 nitrogen and oxygen atoms in total. The van der Waals surface area contributed by atoms with E-state index in [1.54, 1.807) is 30.3 Å².